The molecule has 1 aromatic carbocycles. The van der Waals surface area contributed by atoms with E-state index in [-0.39, 0.29) is 5.91 Å². The molecule has 136 valence electrons. The van der Waals surface area contributed by atoms with Crippen molar-refractivity contribution in [1.82, 2.24) is 24.9 Å². The Kier molecular flexibility index (Phi) is 4.71. The van der Waals surface area contributed by atoms with E-state index in [0.29, 0.717) is 12.5 Å². The molecule has 26 heavy (non-hydrogen) atoms. The molecule has 7 nitrogen and oxygen atoms in total. The summed E-state index contributed by atoms with van der Waals surface area (Å²) in [6.45, 7) is 2.89. The smallest absolute Gasteiger partial charge is 0.253 e. The van der Waals surface area contributed by atoms with Gasteiger partial charge >= 0.3 is 0 Å². The molecule has 0 radical (unpaired) electrons. The van der Waals surface area contributed by atoms with Crippen LogP contribution in [0, 0.1) is 5.92 Å². The van der Waals surface area contributed by atoms with Crippen molar-refractivity contribution in [2.75, 3.05) is 20.2 Å². The van der Waals surface area contributed by atoms with Crippen LogP contribution in [0.3, 0.4) is 0 Å². The van der Waals surface area contributed by atoms with Gasteiger partial charge in [0.05, 0.1) is 12.8 Å². The third-order valence-electron chi connectivity index (χ3n) is 5.03. The highest BCUT2D eigenvalue weighted by molar-refractivity contribution is 5.97. The van der Waals surface area contributed by atoms with Gasteiger partial charge in [-0.05, 0) is 42.3 Å². The second-order valence-corrected chi connectivity index (χ2v) is 6.88. The number of H-pyrrole nitrogens is 1. The molecule has 1 amide bonds. The SMILES string of the molecule is COCc1cn(CC2CCN(C(=O)c3ccc4cc[nH]c4c3)CC2)nn1. The molecule has 0 spiro atoms. The number of amides is 1. The molecule has 7 heteroatoms. The zero-order chi connectivity index (χ0) is 17.9. The molecule has 1 fully saturated rings. The van der Waals surface area contributed by atoms with Crippen molar-refractivity contribution in [2.24, 2.45) is 5.92 Å². The Morgan fingerprint density at radius 1 is 1.31 bits per heavy atom. The summed E-state index contributed by atoms with van der Waals surface area (Å²) in [5.41, 5.74) is 2.60. The van der Waals surface area contributed by atoms with Crippen LogP contribution >= 0.6 is 0 Å². The summed E-state index contributed by atoms with van der Waals surface area (Å²) >= 11 is 0. The maximum absolute atomic E-state index is 12.8. The minimum atomic E-state index is 0.114. The number of hydrogen-bond acceptors (Lipinski definition) is 4. The summed E-state index contributed by atoms with van der Waals surface area (Å²) in [6.07, 6.45) is 5.80. The molecule has 0 aliphatic carbocycles. The van der Waals surface area contributed by atoms with Gasteiger partial charge in [0.15, 0.2) is 0 Å². The molecule has 3 heterocycles. The number of nitrogens with zero attached hydrogens (tertiary/aromatic N) is 4. The highest BCUT2D eigenvalue weighted by atomic mass is 16.5. The number of carbonyl (C=O) groups is 1. The molecule has 1 aliphatic rings. The van der Waals surface area contributed by atoms with Gasteiger partial charge in [0, 0.05) is 44.0 Å². The Morgan fingerprint density at radius 2 is 2.15 bits per heavy atom. The van der Waals surface area contributed by atoms with Crippen molar-refractivity contribution >= 4 is 16.8 Å². The van der Waals surface area contributed by atoms with E-state index in [1.807, 2.05) is 46.2 Å². The zero-order valence-corrected chi connectivity index (χ0v) is 14.9. The second kappa shape index (κ2) is 7.29. The van der Waals surface area contributed by atoms with Gasteiger partial charge in [0.2, 0.25) is 0 Å². The molecule has 0 atom stereocenters. The fourth-order valence-corrected chi connectivity index (χ4v) is 3.59. The third kappa shape index (κ3) is 3.48. The Labute approximate surface area is 151 Å². The Morgan fingerprint density at radius 3 is 2.96 bits per heavy atom. The number of methoxy groups -OCH3 is 1. The van der Waals surface area contributed by atoms with Crippen LogP contribution < -0.4 is 0 Å². The first-order valence-electron chi connectivity index (χ1n) is 8.97. The molecule has 1 N–H and O–H groups in total. The van der Waals surface area contributed by atoms with Crippen LogP contribution in [0.4, 0.5) is 0 Å². The van der Waals surface area contributed by atoms with Crippen molar-refractivity contribution in [3.05, 3.63) is 47.9 Å². The molecule has 3 aromatic rings. The van der Waals surface area contributed by atoms with Gasteiger partial charge in [-0.3, -0.25) is 9.48 Å². The van der Waals surface area contributed by atoms with Crippen LogP contribution in [0.15, 0.2) is 36.7 Å². The number of rotatable bonds is 5. The topological polar surface area (TPSA) is 76.0 Å². The first-order chi connectivity index (χ1) is 12.7. The van der Waals surface area contributed by atoms with Gasteiger partial charge in [0.25, 0.3) is 5.91 Å². The number of hydrogen-bond donors (Lipinski definition) is 1. The lowest BCUT2D eigenvalue weighted by Crippen LogP contribution is -2.39. The zero-order valence-electron chi connectivity index (χ0n) is 14.9. The van der Waals surface area contributed by atoms with Crippen molar-refractivity contribution < 1.29 is 9.53 Å². The molecule has 0 unspecified atom stereocenters. The van der Waals surface area contributed by atoms with E-state index in [9.17, 15) is 4.79 Å². The number of aromatic nitrogens is 4. The van der Waals surface area contributed by atoms with E-state index in [4.69, 9.17) is 4.74 Å². The van der Waals surface area contributed by atoms with E-state index >= 15 is 0 Å². The van der Waals surface area contributed by atoms with Crippen molar-refractivity contribution in [1.29, 1.82) is 0 Å². The molecule has 4 rings (SSSR count). The maximum atomic E-state index is 12.8. The minimum absolute atomic E-state index is 0.114. The van der Waals surface area contributed by atoms with Crippen molar-refractivity contribution in [3.63, 3.8) is 0 Å². The van der Waals surface area contributed by atoms with E-state index in [1.54, 1.807) is 7.11 Å². The van der Waals surface area contributed by atoms with Gasteiger partial charge in [-0.15, -0.1) is 5.10 Å². The highest BCUT2D eigenvalue weighted by Gasteiger charge is 2.24. The number of aromatic amines is 1. The summed E-state index contributed by atoms with van der Waals surface area (Å²) in [5.74, 6) is 0.630. The van der Waals surface area contributed by atoms with Crippen molar-refractivity contribution in [2.45, 2.75) is 26.0 Å². The fraction of sp³-hybridized carbons (Fsp3) is 0.421. The first-order valence-corrected chi connectivity index (χ1v) is 8.97. The monoisotopic (exact) mass is 353 g/mol. The van der Waals surface area contributed by atoms with Gasteiger partial charge in [-0.1, -0.05) is 11.3 Å². The number of benzene rings is 1. The van der Waals surface area contributed by atoms with Crippen LogP contribution in [-0.2, 0) is 17.9 Å². The van der Waals surface area contributed by atoms with Crippen LogP contribution in [0.25, 0.3) is 10.9 Å². The lowest BCUT2D eigenvalue weighted by molar-refractivity contribution is 0.0681. The number of fused-ring (bicyclic) bond motifs is 1. The summed E-state index contributed by atoms with van der Waals surface area (Å²) in [6, 6.07) is 7.86. The first kappa shape index (κ1) is 16.8. The van der Waals surface area contributed by atoms with E-state index in [2.05, 4.69) is 15.3 Å². The largest absolute Gasteiger partial charge is 0.378 e. The van der Waals surface area contributed by atoms with Gasteiger partial charge in [-0.25, -0.2) is 0 Å². The average molecular weight is 353 g/mol. The molecular formula is C19H23N5O2. The number of likely N-dealkylation sites (tertiary alicyclic amines) is 1. The summed E-state index contributed by atoms with van der Waals surface area (Å²) in [5, 5.41) is 9.38. The molecule has 0 bridgehead atoms. The molecule has 1 aliphatic heterocycles. The standard InChI is InChI=1S/C19H23N5O2/c1-26-13-17-12-24(22-21-17)11-14-5-8-23(9-6-14)19(25)16-3-2-15-4-7-20-18(15)10-16/h2-4,7,10,12,14,20H,5-6,8-9,11,13H2,1H3. The van der Waals surface area contributed by atoms with E-state index < -0.39 is 0 Å². The molecule has 2 aromatic heterocycles. The highest BCUT2D eigenvalue weighted by Crippen LogP contribution is 2.22. The van der Waals surface area contributed by atoms with Crippen molar-refractivity contribution in [3.8, 4) is 0 Å². The predicted molar refractivity (Wildman–Crippen MR) is 97.7 cm³/mol. The second-order valence-electron chi connectivity index (χ2n) is 6.88. The van der Waals surface area contributed by atoms with Gasteiger partial charge in [0.1, 0.15) is 5.69 Å². The predicted octanol–water partition coefficient (Wildman–Crippen LogP) is 2.46. The van der Waals surface area contributed by atoms with E-state index in [0.717, 1.165) is 54.6 Å². The molecule has 0 saturated carbocycles. The minimum Gasteiger partial charge on any atom is -0.378 e. The maximum Gasteiger partial charge on any atom is 0.253 e. The lowest BCUT2D eigenvalue weighted by atomic mass is 9.96. The summed E-state index contributed by atoms with van der Waals surface area (Å²) in [7, 11) is 1.65. The number of piperidine rings is 1. The Balaban J connectivity index is 1.34. The van der Waals surface area contributed by atoms with Gasteiger partial charge in [-0.2, -0.15) is 0 Å². The number of ether oxygens (including phenoxy) is 1. The summed E-state index contributed by atoms with van der Waals surface area (Å²) < 4.78 is 6.96. The average Bonchev–Trinajstić information content (AvgIpc) is 3.30. The molecule has 1 saturated heterocycles. The number of carbonyl (C=O) groups excluding carboxylic acids is 1. The lowest BCUT2D eigenvalue weighted by Gasteiger charge is -2.32. The third-order valence-corrected chi connectivity index (χ3v) is 5.03. The van der Waals surface area contributed by atoms with Gasteiger partial charge < -0.3 is 14.6 Å². The van der Waals surface area contributed by atoms with Crippen LogP contribution in [0.2, 0.25) is 0 Å². The Hall–Kier alpha value is -2.67. The normalized spacial score (nSPS) is 15.7. The number of nitrogens with one attached hydrogen (secondary N) is 1. The van der Waals surface area contributed by atoms with Crippen LogP contribution in [-0.4, -0.2) is 51.0 Å². The fourth-order valence-electron chi connectivity index (χ4n) is 3.59. The summed E-state index contributed by atoms with van der Waals surface area (Å²) in [4.78, 5) is 17.9. The van der Waals surface area contributed by atoms with Crippen LogP contribution in [0.1, 0.15) is 28.9 Å². The quantitative estimate of drug-likeness (QED) is 0.764. The molecular weight excluding hydrogens is 330 g/mol. The van der Waals surface area contributed by atoms with E-state index in [1.165, 1.54) is 0 Å². The van der Waals surface area contributed by atoms with Crippen LogP contribution in [0.5, 0.6) is 0 Å². The Bertz CT molecular complexity index is 892.